The average molecular weight is 987 g/mol. The van der Waals surface area contributed by atoms with E-state index in [9.17, 15) is 38.4 Å². The number of esters is 1. The first-order valence-electron chi connectivity index (χ1n) is 25.0. The summed E-state index contributed by atoms with van der Waals surface area (Å²) in [7, 11) is 4.70. The van der Waals surface area contributed by atoms with E-state index in [1.54, 1.807) is 68.8 Å². The Morgan fingerprint density at radius 1 is 0.845 bits per heavy atom. The molecule has 4 rings (SSSR count). The molecule has 0 saturated carbocycles. The molecule has 71 heavy (non-hydrogen) atoms. The largest absolute Gasteiger partial charge is 0.458 e. The van der Waals surface area contributed by atoms with Crippen LogP contribution in [0.15, 0.2) is 66.7 Å². The lowest BCUT2D eigenvalue weighted by atomic mass is 9.89. The zero-order valence-electron chi connectivity index (χ0n) is 43.7. The van der Waals surface area contributed by atoms with E-state index < -0.39 is 65.7 Å². The van der Waals surface area contributed by atoms with E-state index in [1.165, 1.54) is 31.3 Å². The Labute approximate surface area is 420 Å². The summed E-state index contributed by atoms with van der Waals surface area (Å²) in [6.07, 6.45) is 5.25. The molecule has 390 valence electrons. The topological polar surface area (TPSA) is 210 Å². The number of anilines is 1. The molecule has 2 heterocycles. The molecule has 17 heteroatoms. The summed E-state index contributed by atoms with van der Waals surface area (Å²) in [4.78, 5) is 111. The minimum absolute atomic E-state index is 0.0585. The summed E-state index contributed by atoms with van der Waals surface area (Å²) in [6, 6.07) is 12.9. The number of methoxy groups -OCH3 is 2. The van der Waals surface area contributed by atoms with Crippen LogP contribution in [0.2, 0.25) is 0 Å². The van der Waals surface area contributed by atoms with Gasteiger partial charge in [0.2, 0.25) is 23.6 Å². The molecule has 0 aliphatic carbocycles. The summed E-state index contributed by atoms with van der Waals surface area (Å²) in [5, 5.41) is 8.67. The van der Waals surface area contributed by atoms with Crippen molar-refractivity contribution in [2.75, 3.05) is 39.7 Å². The number of unbranched alkanes of at least 4 members (excludes halogenated alkanes) is 2. The first kappa shape index (κ1) is 57.6. The monoisotopic (exact) mass is 987 g/mol. The Bertz CT molecular complexity index is 2160. The first-order chi connectivity index (χ1) is 33.6. The van der Waals surface area contributed by atoms with Crippen LogP contribution in [0.5, 0.6) is 0 Å². The molecule has 0 aromatic heterocycles. The lowest BCUT2D eigenvalue weighted by molar-refractivity contribution is -0.159. The Kier molecular flexibility index (Phi) is 22.0. The first-order valence-corrected chi connectivity index (χ1v) is 25.0. The van der Waals surface area contributed by atoms with Gasteiger partial charge >= 0.3 is 5.97 Å². The van der Waals surface area contributed by atoms with E-state index in [4.69, 9.17) is 14.2 Å². The number of hydrogen-bond donors (Lipinski definition) is 3. The molecule has 7 amide bonds. The number of amides is 7. The Morgan fingerprint density at radius 2 is 1.49 bits per heavy atom. The van der Waals surface area contributed by atoms with Crippen LogP contribution in [0, 0.1) is 17.8 Å². The maximum absolute atomic E-state index is 14.5. The van der Waals surface area contributed by atoms with Crippen molar-refractivity contribution < 1.29 is 52.6 Å². The number of carbonyl (C=O) groups excluding carboxylic acids is 8. The predicted octanol–water partition coefficient (Wildman–Crippen LogP) is 5.85. The van der Waals surface area contributed by atoms with Gasteiger partial charge in [-0.25, -0.2) is 4.79 Å². The summed E-state index contributed by atoms with van der Waals surface area (Å²) in [5.41, 5.74) is 0.877. The van der Waals surface area contributed by atoms with E-state index in [2.05, 4.69) is 16.0 Å². The van der Waals surface area contributed by atoms with Crippen molar-refractivity contribution in [2.24, 2.45) is 17.8 Å². The Balaban J connectivity index is 1.39. The fraction of sp³-hybridized carbons (Fsp3) is 0.593. The fourth-order valence-electron chi connectivity index (χ4n) is 9.30. The van der Waals surface area contributed by atoms with Crippen molar-refractivity contribution in [3.63, 3.8) is 0 Å². The molecule has 1 fully saturated rings. The van der Waals surface area contributed by atoms with Gasteiger partial charge in [0.05, 0.1) is 36.6 Å². The molecule has 8 atom stereocenters. The van der Waals surface area contributed by atoms with E-state index in [0.29, 0.717) is 62.9 Å². The minimum Gasteiger partial charge on any atom is -0.458 e. The quantitative estimate of drug-likeness (QED) is 0.0578. The van der Waals surface area contributed by atoms with E-state index in [0.717, 1.165) is 5.56 Å². The number of imide groups is 1. The molecule has 0 radical (unpaired) electrons. The van der Waals surface area contributed by atoms with Crippen LogP contribution < -0.4 is 16.0 Å². The minimum atomic E-state index is -0.954. The van der Waals surface area contributed by atoms with Gasteiger partial charge in [-0.05, 0) is 88.1 Å². The third kappa shape index (κ3) is 16.6. The van der Waals surface area contributed by atoms with E-state index in [1.807, 2.05) is 58.0 Å². The molecular formula is C54H78N6O11. The maximum Gasteiger partial charge on any atom is 0.329 e. The number of hydrogen-bond acceptors (Lipinski definition) is 11. The molecule has 1 saturated heterocycles. The number of nitrogens with zero attached hydrogens (tertiary/aromatic N) is 3. The van der Waals surface area contributed by atoms with Crippen LogP contribution in [0.4, 0.5) is 5.69 Å². The lowest BCUT2D eigenvalue weighted by Gasteiger charge is -2.40. The third-order valence-corrected chi connectivity index (χ3v) is 13.4. The van der Waals surface area contributed by atoms with Crippen LogP contribution >= 0.6 is 0 Å². The molecule has 2 aromatic rings. The molecule has 17 nitrogen and oxygen atoms in total. The third-order valence-electron chi connectivity index (χ3n) is 13.4. The fourth-order valence-corrected chi connectivity index (χ4v) is 9.30. The lowest BCUT2D eigenvalue weighted by Crippen LogP contribution is -2.58. The normalized spacial score (nSPS) is 17.8. The molecule has 0 spiro atoms. The van der Waals surface area contributed by atoms with Crippen molar-refractivity contribution in [2.45, 2.75) is 155 Å². The summed E-state index contributed by atoms with van der Waals surface area (Å²) in [5.74, 6) is -4.03. The van der Waals surface area contributed by atoms with Crippen molar-refractivity contribution in [1.82, 2.24) is 25.3 Å². The van der Waals surface area contributed by atoms with E-state index in [-0.39, 0.29) is 60.6 Å². The van der Waals surface area contributed by atoms with E-state index >= 15 is 0 Å². The summed E-state index contributed by atoms with van der Waals surface area (Å²) < 4.78 is 17.7. The molecule has 2 aliphatic rings. The number of nitrogens with one attached hydrogen (secondary N) is 3. The average Bonchev–Trinajstić information content (AvgIpc) is 3.95. The highest BCUT2D eigenvalue weighted by Gasteiger charge is 2.43. The molecule has 2 aliphatic heterocycles. The van der Waals surface area contributed by atoms with Crippen LogP contribution in [0.1, 0.15) is 123 Å². The second-order valence-corrected chi connectivity index (χ2v) is 20.2. The van der Waals surface area contributed by atoms with Crippen LogP contribution in [0.3, 0.4) is 0 Å². The SMILES string of the molecule is CC[C@H](C)[C@@H]([C@@H](CC(=O)N1CCC[C@H]1[C@H](OC)[C@@H](C)C(=O)N[C@@H](Cc1ccccc1)C(=O)OC(C)(C)C)OC)N(C)C(=O)[C@@H](NC(=O)c1ccc(NC(=O)CCCCCN2C(=O)C=CC2=O)cc1)C(C)C. The van der Waals surface area contributed by atoms with Gasteiger partial charge < -0.3 is 40.0 Å². The standard InChI is InChI=1S/C54H78N6O11/c1-12-35(4)48(58(9)52(67)47(34(2)3)57-51(66)38-24-26-39(27-25-38)55-43(61)23-17-14-18-30-60-44(62)28-29-45(60)63)42(69-10)33-46(64)59-31-19-22-41(59)49(70-11)36(5)50(65)56-40(53(68)71-54(6,7)8)32-37-20-15-13-16-21-37/h13,15-16,20-21,24-29,34-36,40-42,47-49H,12,14,17-19,22-23,30-33H2,1-11H3,(H,55,61)(H,56,65)(H,57,66)/t35-,36+,40-,41-,42+,47-,48-,49+/m0/s1. The highest BCUT2D eigenvalue weighted by atomic mass is 16.6. The van der Waals surface area contributed by atoms with Crippen LogP contribution in [-0.2, 0) is 54.2 Å². The van der Waals surface area contributed by atoms with Gasteiger partial charge in [-0.3, -0.25) is 38.5 Å². The van der Waals surface area contributed by atoms with Crippen LogP contribution in [-0.4, -0.2) is 138 Å². The number of benzene rings is 2. The highest BCUT2D eigenvalue weighted by molar-refractivity contribution is 6.12. The molecule has 3 N–H and O–H groups in total. The van der Waals surface area contributed by atoms with Crippen molar-refractivity contribution in [3.05, 3.63) is 77.9 Å². The predicted molar refractivity (Wildman–Crippen MR) is 270 cm³/mol. The van der Waals surface area contributed by atoms with Crippen molar-refractivity contribution >= 4 is 53.0 Å². The van der Waals surface area contributed by atoms with Gasteiger partial charge in [0, 0.05) is 70.6 Å². The van der Waals surface area contributed by atoms with Crippen molar-refractivity contribution in [3.8, 4) is 0 Å². The van der Waals surface area contributed by atoms with Gasteiger partial charge in [0.15, 0.2) is 0 Å². The molecule has 2 aromatic carbocycles. The molecule has 0 unspecified atom stereocenters. The zero-order chi connectivity index (χ0) is 52.6. The Hall–Kier alpha value is -5.94. The van der Waals surface area contributed by atoms with Crippen LogP contribution in [0.25, 0.3) is 0 Å². The second kappa shape index (κ2) is 27.0. The second-order valence-electron chi connectivity index (χ2n) is 20.2. The maximum atomic E-state index is 14.5. The zero-order valence-corrected chi connectivity index (χ0v) is 43.7. The number of likely N-dealkylation sites (tertiary alicyclic amines) is 1. The molecule has 0 bridgehead atoms. The smallest absolute Gasteiger partial charge is 0.329 e. The summed E-state index contributed by atoms with van der Waals surface area (Å²) >= 11 is 0. The van der Waals surface area contributed by atoms with Gasteiger partial charge in [0.25, 0.3) is 17.7 Å². The number of carbonyl (C=O) groups is 8. The van der Waals surface area contributed by atoms with Gasteiger partial charge in [-0.2, -0.15) is 0 Å². The van der Waals surface area contributed by atoms with Gasteiger partial charge in [-0.15, -0.1) is 0 Å². The summed E-state index contributed by atoms with van der Waals surface area (Å²) in [6.45, 7) is 15.5. The van der Waals surface area contributed by atoms with Gasteiger partial charge in [-0.1, -0.05) is 77.8 Å². The number of rotatable bonds is 26. The van der Waals surface area contributed by atoms with Crippen molar-refractivity contribution in [1.29, 1.82) is 0 Å². The number of likely N-dealkylation sites (N-methyl/N-ethyl adjacent to an activating group) is 1. The Morgan fingerprint density at radius 3 is 2.07 bits per heavy atom. The van der Waals surface area contributed by atoms with Gasteiger partial charge in [0.1, 0.15) is 17.7 Å². The highest BCUT2D eigenvalue weighted by Crippen LogP contribution is 2.30. The molecular weight excluding hydrogens is 909 g/mol. The number of ether oxygens (including phenoxy) is 3.